The summed E-state index contributed by atoms with van der Waals surface area (Å²) in [7, 11) is 0. The minimum absolute atomic E-state index is 0.513. The van der Waals surface area contributed by atoms with Gasteiger partial charge in [0.05, 0.1) is 10.4 Å². The van der Waals surface area contributed by atoms with E-state index >= 15 is 0 Å². The second-order valence-corrected chi connectivity index (χ2v) is 3.86. The Morgan fingerprint density at radius 1 is 1.29 bits per heavy atom. The SMILES string of the molecule is Cc1ccc(-c2scnc2C#N)cc1. The fourth-order valence-corrected chi connectivity index (χ4v) is 1.98. The standard InChI is InChI=1S/C11H8N2S/c1-8-2-4-9(5-3-8)11-10(6-12)13-7-14-11/h2-5,7H,1H3. The zero-order valence-electron chi connectivity index (χ0n) is 7.69. The molecule has 1 heterocycles. The molecule has 0 unspecified atom stereocenters. The largest absolute Gasteiger partial charge is 0.233 e. The molecular weight excluding hydrogens is 192 g/mol. The fraction of sp³-hybridized carbons (Fsp3) is 0.0909. The van der Waals surface area contributed by atoms with Gasteiger partial charge < -0.3 is 0 Å². The Bertz CT molecular complexity index is 477. The van der Waals surface area contributed by atoms with E-state index in [0.29, 0.717) is 5.69 Å². The van der Waals surface area contributed by atoms with Crippen LogP contribution in [0.15, 0.2) is 29.8 Å². The number of rotatable bonds is 1. The van der Waals surface area contributed by atoms with E-state index in [-0.39, 0.29) is 0 Å². The molecule has 68 valence electrons. The lowest BCUT2D eigenvalue weighted by atomic mass is 10.1. The summed E-state index contributed by atoms with van der Waals surface area (Å²) < 4.78 is 0. The number of aryl methyl sites for hydroxylation is 1. The highest BCUT2D eigenvalue weighted by atomic mass is 32.1. The topological polar surface area (TPSA) is 36.7 Å². The van der Waals surface area contributed by atoms with Gasteiger partial charge in [-0.2, -0.15) is 5.26 Å². The molecular formula is C11H8N2S. The van der Waals surface area contributed by atoms with Gasteiger partial charge in [0.15, 0.2) is 5.69 Å². The van der Waals surface area contributed by atoms with Crippen LogP contribution < -0.4 is 0 Å². The van der Waals surface area contributed by atoms with Crippen molar-refractivity contribution in [3.05, 3.63) is 41.0 Å². The smallest absolute Gasteiger partial charge is 0.159 e. The van der Waals surface area contributed by atoms with Crippen molar-refractivity contribution in [1.29, 1.82) is 5.26 Å². The Morgan fingerprint density at radius 3 is 2.64 bits per heavy atom. The molecule has 3 heteroatoms. The van der Waals surface area contributed by atoms with Gasteiger partial charge in [0.2, 0.25) is 0 Å². The highest BCUT2D eigenvalue weighted by molar-refractivity contribution is 7.13. The first kappa shape index (κ1) is 8.92. The van der Waals surface area contributed by atoms with Crippen LogP contribution in [-0.4, -0.2) is 4.98 Å². The van der Waals surface area contributed by atoms with Crippen LogP contribution in [0.4, 0.5) is 0 Å². The van der Waals surface area contributed by atoms with Crippen LogP contribution in [0.3, 0.4) is 0 Å². The van der Waals surface area contributed by atoms with Gasteiger partial charge in [-0.15, -0.1) is 11.3 Å². The van der Waals surface area contributed by atoms with Crippen LogP contribution in [0, 0.1) is 18.3 Å². The summed E-state index contributed by atoms with van der Waals surface area (Å²) in [6.07, 6.45) is 0. The van der Waals surface area contributed by atoms with Crippen LogP contribution in [0.5, 0.6) is 0 Å². The maximum atomic E-state index is 8.82. The zero-order chi connectivity index (χ0) is 9.97. The Balaban J connectivity index is 2.50. The Morgan fingerprint density at radius 2 is 2.00 bits per heavy atom. The Kier molecular flexibility index (Phi) is 2.30. The third-order valence-corrected chi connectivity index (χ3v) is 2.86. The van der Waals surface area contributed by atoms with Crippen LogP contribution in [0.1, 0.15) is 11.3 Å². The molecule has 1 aromatic heterocycles. The monoisotopic (exact) mass is 200 g/mol. The molecule has 2 rings (SSSR count). The number of hydrogen-bond donors (Lipinski definition) is 0. The average molecular weight is 200 g/mol. The van der Waals surface area contributed by atoms with Gasteiger partial charge in [0.25, 0.3) is 0 Å². The molecule has 0 radical (unpaired) electrons. The maximum absolute atomic E-state index is 8.82. The van der Waals surface area contributed by atoms with Crippen LogP contribution in [0.25, 0.3) is 10.4 Å². The molecule has 0 saturated carbocycles. The molecule has 14 heavy (non-hydrogen) atoms. The lowest BCUT2D eigenvalue weighted by molar-refractivity contribution is 1.33. The van der Waals surface area contributed by atoms with E-state index in [1.165, 1.54) is 16.9 Å². The number of nitrogens with zero attached hydrogens (tertiary/aromatic N) is 2. The molecule has 2 aromatic rings. The van der Waals surface area contributed by atoms with Gasteiger partial charge in [0.1, 0.15) is 6.07 Å². The summed E-state index contributed by atoms with van der Waals surface area (Å²) in [6.45, 7) is 2.04. The number of nitriles is 1. The van der Waals surface area contributed by atoms with E-state index in [1.54, 1.807) is 5.51 Å². The third-order valence-electron chi connectivity index (χ3n) is 1.99. The number of benzene rings is 1. The van der Waals surface area contributed by atoms with Crippen molar-refractivity contribution in [2.24, 2.45) is 0 Å². The number of thiazole rings is 1. The van der Waals surface area contributed by atoms with Crippen molar-refractivity contribution in [3.8, 4) is 16.5 Å². The van der Waals surface area contributed by atoms with E-state index in [1.807, 2.05) is 31.2 Å². The number of aromatic nitrogens is 1. The van der Waals surface area contributed by atoms with Gasteiger partial charge in [-0.05, 0) is 12.5 Å². The molecule has 0 bridgehead atoms. The molecule has 0 atom stereocenters. The third kappa shape index (κ3) is 1.52. The molecule has 0 amide bonds. The van der Waals surface area contributed by atoms with E-state index in [9.17, 15) is 0 Å². The maximum Gasteiger partial charge on any atom is 0.159 e. The minimum atomic E-state index is 0.513. The lowest BCUT2D eigenvalue weighted by Gasteiger charge is -1.97. The second kappa shape index (κ2) is 3.60. The summed E-state index contributed by atoms with van der Waals surface area (Å²) in [6, 6.07) is 10.2. The van der Waals surface area contributed by atoms with Crippen molar-refractivity contribution in [3.63, 3.8) is 0 Å². The van der Waals surface area contributed by atoms with Crippen LogP contribution in [-0.2, 0) is 0 Å². The van der Waals surface area contributed by atoms with Crippen LogP contribution >= 0.6 is 11.3 Å². The molecule has 2 nitrogen and oxygen atoms in total. The summed E-state index contributed by atoms with van der Waals surface area (Å²) in [5, 5.41) is 8.82. The summed E-state index contributed by atoms with van der Waals surface area (Å²) in [5.41, 5.74) is 4.50. The summed E-state index contributed by atoms with van der Waals surface area (Å²) in [5.74, 6) is 0. The molecule has 0 aliphatic carbocycles. The first-order valence-electron chi connectivity index (χ1n) is 4.22. The van der Waals surface area contributed by atoms with Crippen molar-refractivity contribution < 1.29 is 0 Å². The van der Waals surface area contributed by atoms with Crippen molar-refractivity contribution in [1.82, 2.24) is 4.98 Å². The van der Waals surface area contributed by atoms with Gasteiger partial charge in [0, 0.05) is 0 Å². The average Bonchev–Trinajstić information content (AvgIpc) is 2.67. The fourth-order valence-electron chi connectivity index (χ4n) is 1.24. The molecule has 0 aliphatic rings. The van der Waals surface area contributed by atoms with Crippen molar-refractivity contribution in [2.45, 2.75) is 6.92 Å². The first-order valence-corrected chi connectivity index (χ1v) is 5.10. The van der Waals surface area contributed by atoms with Crippen molar-refractivity contribution in [2.75, 3.05) is 0 Å². The van der Waals surface area contributed by atoms with Gasteiger partial charge in [-0.3, -0.25) is 0 Å². The highest BCUT2D eigenvalue weighted by Gasteiger charge is 2.06. The highest BCUT2D eigenvalue weighted by Crippen LogP contribution is 2.27. The molecule has 0 aliphatic heterocycles. The van der Waals surface area contributed by atoms with E-state index in [0.717, 1.165) is 10.4 Å². The predicted octanol–water partition coefficient (Wildman–Crippen LogP) is 2.99. The first-order chi connectivity index (χ1) is 6.81. The molecule has 0 N–H and O–H groups in total. The second-order valence-electron chi connectivity index (χ2n) is 3.01. The minimum Gasteiger partial charge on any atom is -0.233 e. The predicted molar refractivity (Wildman–Crippen MR) is 57.0 cm³/mol. The summed E-state index contributed by atoms with van der Waals surface area (Å²) >= 11 is 1.50. The van der Waals surface area contributed by atoms with Gasteiger partial charge in [-0.25, -0.2) is 4.98 Å². The Labute approximate surface area is 86.5 Å². The van der Waals surface area contributed by atoms with E-state index in [4.69, 9.17) is 5.26 Å². The lowest BCUT2D eigenvalue weighted by Crippen LogP contribution is -1.79. The zero-order valence-corrected chi connectivity index (χ0v) is 8.51. The molecule has 0 spiro atoms. The molecule has 0 fully saturated rings. The Hall–Kier alpha value is -1.66. The van der Waals surface area contributed by atoms with Gasteiger partial charge >= 0.3 is 0 Å². The van der Waals surface area contributed by atoms with Crippen LogP contribution in [0.2, 0.25) is 0 Å². The molecule has 1 aromatic carbocycles. The molecule has 0 saturated heterocycles. The van der Waals surface area contributed by atoms with Crippen molar-refractivity contribution >= 4 is 11.3 Å². The van der Waals surface area contributed by atoms with Gasteiger partial charge in [-0.1, -0.05) is 29.8 Å². The van der Waals surface area contributed by atoms with E-state index < -0.39 is 0 Å². The number of hydrogen-bond acceptors (Lipinski definition) is 3. The summed E-state index contributed by atoms with van der Waals surface area (Å²) in [4.78, 5) is 4.94. The quantitative estimate of drug-likeness (QED) is 0.709. The normalized spacial score (nSPS) is 9.71. The van der Waals surface area contributed by atoms with E-state index in [2.05, 4.69) is 11.1 Å².